The molecule has 0 aliphatic carbocycles. The molecule has 3 rings (SSSR count). The van der Waals surface area contributed by atoms with Gasteiger partial charge < -0.3 is 20.1 Å². The standard InChI is InChI=1S/C17H23N5O2/c1-12-5-6-13(17(21-12)24-2)9-18-15-8-16(20-11-19-15)22-7-3-4-14(22)10-23/h5-6,8,11,14,23H,3-4,7,9-10H2,1-2H3,(H,18,19,20). The maximum absolute atomic E-state index is 9.48. The number of nitrogens with zero attached hydrogens (tertiary/aromatic N) is 4. The quantitative estimate of drug-likeness (QED) is 0.835. The molecule has 0 amide bonds. The van der Waals surface area contributed by atoms with E-state index in [1.54, 1.807) is 13.4 Å². The first-order valence-corrected chi connectivity index (χ1v) is 8.15. The summed E-state index contributed by atoms with van der Waals surface area (Å²) in [6.07, 6.45) is 3.62. The van der Waals surface area contributed by atoms with Crippen molar-refractivity contribution in [2.75, 3.05) is 30.5 Å². The number of hydrogen-bond donors (Lipinski definition) is 2. The first-order chi connectivity index (χ1) is 11.7. The lowest BCUT2D eigenvalue weighted by Crippen LogP contribution is -2.32. The number of aromatic nitrogens is 3. The molecule has 0 spiro atoms. The molecule has 7 nitrogen and oxygen atoms in total. The Kier molecular flexibility index (Phi) is 5.10. The summed E-state index contributed by atoms with van der Waals surface area (Å²) in [5.74, 6) is 2.21. The van der Waals surface area contributed by atoms with Gasteiger partial charge >= 0.3 is 0 Å². The van der Waals surface area contributed by atoms with Crippen LogP contribution in [-0.2, 0) is 6.54 Å². The van der Waals surface area contributed by atoms with Crippen molar-refractivity contribution in [1.82, 2.24) is 15.0 Å². The van der Waals surface area contributed by atoms with Gasteiger partial charge in [-0.1, -0.05) is 6.07 Å². The van der Waals surface area contributed by atoms with Crippen LogP contribution in [0.4, 0.5) is 11.6 Å². The number of hydrogen-bond acceptors (Lipinski definition) is 7. The first-order valence-electron chi connectivity index (χ1n) is 8.15. The highest BCUT2D eigenvalue weighted by Crippen LogP contribution is 2.25. The Labute approximate surface area is 141 Å². The van der Waals surface area contributed by atoms with Crippen molar-refractivity contribution in [3.05, 3.63) is 35.8 Å². The zero-order valence-corrected chi connectivity index (χ0v) is 14.1. The summed E-state index contributed by atoms with van der Waals surface area (Å²) in [5.41, 5.74) is 1.89. The SMILES string of the molecule is COc1nc(C)ccc1CNc1cc(N2CCCC2CO)ncn1. The highest BCUT2D eigenvalue weighted by molar-refractivity contribution is 5.50. The lowest BCUT2D eigenvalue weighted by atomic mass is 10.2. The molecule has 2 N–H and O–H groups in total. The van der Waals surface area contributed by atoms with Crippen LogP contribution in [0.2, 0.25) is 0 Å². The predicted octanol–water partition coefficient (Wildman–Crippen LogP) is 1.76. The van der Waals surface area contributed by atoms with Crippen LogP contribution in [0.5, 0.6) is 5.88 Å². The molecule has 1 aliphatic rings. The summed E-state index contributed by atoms with van der Waals surface area (Å²) in [6, 6.07) is 6.02. The Balaban J connectivity index is 1.71. The number of nitrogens with one attached hydrogen (secondary N) is 1. The normalized spacial score (nSPS) is 17.1. The number of aryl methyl sites for hydroxylation is 1. The van der Waals surface area contributed by atoms with Crippen molar-refractivity contribution in [3.8, 4) is 5.88 Å². The lowest BCUT2D eigenvalue weighted by molar-refractivity contribution is 0.266. The summed E-state index contributed by atoms with van der Waals surface area (Å²) >= 11 is 0. The van der Waals surface area contributed by atoms with Gasteiger partial charge in [0, 0.05) is 30.4 Å². The molecule has 0 radical (unpaired) electrons. The van der Waals surface area contributed by atoms with E-state index in [1.807, 2.05) is 25.1 Å². The van der Waals surface area contributed by atoms with Crippen molar-refractivity contribution in [2.45, 2.75) is 32.4 Å². The Morgan fingerprint density at radius 1 is 1.38 bits per heavy atom. The fourth-order valence-electron chi connectivity index (χ4n) is 2.99. The molecule has 2 aromatic rings. The van der Waals surface area contributed by atoms with Crippen LogP contribution < -0.4 is 15.0 Å². The average Bonchev–Trinajstić information content (AvgIpc) is 3.09. The molecule has 0 bridgehead atoms. The van der Waals surface area contributed by atoms with E-state index >= 15 is 0 Å². The Bertz CT molecular complexity index is 694. The summed E-state index contributed by atoms with van der Waals surface area (Å²) in [7, 11) is 1.62. The molecule has 128 valence electrons. The average molecular weight is 329 g/mol. The van der Waals surface area contributed by atoms with Gasteiger partial charge in [0.1, 0.15) is 18.0 Å². The third-order valence-electron chi connectivity index (χ3n) is 4.27. The number of pyridine rings is 1. The van der Waals surface area contributed by atoms with Gasteiger partial charge in [0.2, 0.25) is 5.88 Å². The van der Waals surface area contributed by atoms with E-state index in [-0.39, 0.29) is 12.6 Å². The van der Waals surface area contributed by atoms with E-state index in [1.165, 1.54) is 0 Å². The maximum atomic E-state index is 9.48. The van der Waals surface area contributed by atoms with Crippen molar-refractivity contribution in [3.63, 3.8) is 0 Å². The second-order valence-electron chi connectivity index (χ2n) is 5.91. The molecule has 3 heterocycles. The molecule has 1 aliphatic heterocycles. The number of anilines is 2. The van der Waals surface area contributed by atoms with Crippen molar-refractivity contribution >= 4 is 11.6 Å². The molecule has 0 saturated carbocycles. The van der Waals surface area contributed by atoms with E-state index in [0.717, 1.165) is 42.3 Å². The van der Waals surface area contributed by atoms with Gasteiger partial charge in [0.05, 0.1) is 19.8 Å². The van der Waals surface area contributed by atoms with E-state index in [0.29, 0.717) is 12.4 Å². The fourth-order valence-corrected chi connectivity index (χ4v) is 2.99. The number of aliphatic hydroxyl groups excluding tert-OH is 1. The summed E-state index contributed by atoms with van der Waals surface area (Å²) in [6.45, 7) is 3.57. The van der Waals surface area contributed by atoms with E-state index < -0.39 is 0 Å². The minimum atomic E-state index is 0.147. The van der Waals surface area contributed by atoms with Gasteiger partial charge in [0.15, 0.2) is 0 Å². The van der Waals surface area contributed by atoms with Crippen molar-refractivity contribution in [2.24, 2.45) is 0 Å². The molecular formula is C17H23N5O2. The van der Waals surface area contributed by atoms with E-state index in [2.05, 4.69) is 25.2 Å². The third kappa shape index (κ3) is 3.56. The Hall–Kier alpha value is -2.41. The summed E-state index contributed by atoms with van der Waals surface area (Å²) in [4.78, 5) is 15.1. The molecule has 2 aromatic heterocycles. The molecule has 7 heteroatoms. The van der Waals surface area contributed by atoms with E-state index in [9.17, 15) is 5.11 Å². The van der Waals surface area contributed by atoms with Gasteiger partial charge in [0.25, 0.3) is 0 Å². The van der Waals surface area contributed by atoms with E-state index in [4.69, 9.17) is 4.74 Å². The fraction of sp³-hybridized carbons (Fsp3) is 0.471. The van der Waals surface area contributed by atoms with Crippen LogP contribution in [-0.4, -0.2) is 46.4 Å². The predicted molar refractivity (Wildman–Crippen MR) is 92.3 cm³/mol. The minimum Gasteiger partial charge on any atom is -0.481 e. The summed E-state index contributed by atoms with van der Waals surface area (Å²) in [5, 5.41) is 12.8. The minimum absolute atomic E-state index is 0.147. The van der Waals surface area contributed by atoms with Crippen LogP contribution >= 0.6 is 0 Å². The molecule has 1 fully saturated rings. The van der Waals surface area contributed by atoms with Gasteiger partial charge in [-0.3, -0.25) is 0 Å². The monoisotopic (exact) mass is 329 g/mol. The van der Waals surface area contributed by atoms with Crippen LogP contribution in [0, 0.1) is 6.92 Å². The number of aliphatic hydroxyl groups is 1. The van der Waals surface area contributed by atoms with Gasteiger partial charge in [-0.15, -0.1) is 0 Å². The van der Waals surface area contributed by atoms with Crippen LogP contribution in [0.25, 0.3) is 0 Å². The second kappa shape index (κ2) is 7.44. The molecule has 1 atom stereocenters. The topological polar surface area (TPSA) is 83.4 Å². The smallest absolute Gasteiger partial charge is 0.218 e. The second-order valence-corrected chi connectivity index (χ2v) is 5.91. The van der Waals surface area contributed by atoms with Gasteiger partial charge in [-0.25, -0.2) is 15.0 Å². The largest absolute Gasteiger partial charge is 0.481 e. The Morgan fingerprint density at radius 3 is 3.04 bits per heavy atom. The summed E-state index contributed by atoms with van der Waals surface area (Å²) < 4.78 is 5.33. The van der Waals surface area contributed by atoms with Gasteiger partial charge in [-0.05, 0) is 25.8 Å². The zero-order valence-electron chi connectivity index (χ0n) is 14.1. The highest BCUT2D eigenvalue weighted by Gasteiger charge is 2.25. The van der Waals surface area contributed by atoms with Gasteiger partial charge in [-0.2, -0.15) is 0 Å². The molecule has 1 saturated heterocycles. The van der Waals surface area contributed by atoms with Crippen LogP contribution in [0.1, 0.15) is 24.1 Å². The Morgan fingerprint density at radius 2 is 2.25 bits per heavy atom. The number of ether oxygens (including phenoxy) is 1. The van der Waals surface area contributed by atoms with Crippen molar-refractivity contribution in [1.29, 1.82) is 0 Å². The molecule has 24 heavy (non-hydrogen) atoms. The third-order valence-corrected chi connectivity index (χ3v) is 4.27. The zero-order chi connectivity index (χ0) is 16.9. The highest BCUT2D eigenvalue weighted by atomic mass is 16.5. The molecular weight excluding hydrogens is 306 g/mol. The van der Waals surface area contributed by atoms with Crippen molar-refractivity contribution < 1.29 is 9.84 Å². The van der Waals surface area contributed by atoms with Crippen LogP contribution in [0.3, 0.4) is 0 Å². The first kappa shape index (κ1) is 16.4. The van der Waals surface area contributed by atoms with Crippen LogP contribution in [0.15, 0.2) is 24.5 Å². The number of methoxy groups -OCH3 is 1. The molecule has 1 unspecified atom stereocenters. The molecule has 0 aromatic carbocycles. The number of rotatable bonds is 6. The maximum Gasteiger partial charge on any atom is 0.218 e. The lowest BCUT2D eigenvalue weighted by Gasteiger charge is -2.24.